The Morgan fingerprint density at radius 2 is 1.53 bits per heavy atom. The predicted molar refractivity (Wildman–Crippen MR) is 167 cm³/mol. The van der Waals surface area contributed by atoms with Gasteiger partial charge in [-0.05, 0) is 128 Å². The Hall–Kier alpha value is -0.950. The molecule has 6 heteroatoms. The Bertz CT molecular complexity index is 1160. The molecule has 1 saturated heterocycles. The molecule has 6 aliphatic rings. The zero-order valence-electron chi connectivity index (χ0n) is 28.2. The Morgan fingerprint density at radius 3 is 2.21 bits per heavy atom. The number of carbonyl (C=O) groups is 1. The average molecular weight is 601 g/mol. The van der Waals surface area contributed by atoms with Crippen molar-refractivity contribution in [3.05, 3.63) is 11.6 Å². The zero-order valence-corrected chi connectivity index (χ0v) is 28.2. The van der Waals surface area contributed by atoms with Crippen molar-refractivity contribution in [2.75, 3.05) is 0 Å². The molecule has 0 aromatic heterocycles. The highest BCUT2D eigenvalue weighted by Crippen LogP contribution is 2.76. The number of ether oxygens (including phenoxy) is 1. The molecule has 0 amide bonds. The van der Waals surface area contributed by atoms with Gasteiger partial charge < -0.3 is 25.2 Å². The van der Waals surface area contributed by atoms with Crippen LogP contribution in [0.4, 0.5) is 0 Å². The highest BCUT2D eigenvalue weighted by atomic mass is 16.5. The molecule has 5 aliphatic carbocycles. The lowest BCUT2D eigenvalue weighted by Crippen LogP contribution is -2.65. The molecule has 43 heavy (non-hydrogen) atoms. The molecule has 244 valence electrons. The summed E-state index contributed by atoms with van der Waals surface area (Å²) >= 11 is 0. The van der Waals surface area contributed by atoms with Gasteiger partial charge in [0.2, 0.25) is 0 Å². The van der Waals surface area contributed by atoms with Crippen molar-refractivity contribution in [1.29, 1.82) is 0 Å². The monoisotopic (exact) mass is 600 g/mol. The molecule has 0 spiro atoms. The summed E-state index contributed by atoms with van der Waals surface area (Å²) < 4.78 is 6.09. The molecule has 6 rings (SSSR count). The largest absolute Gasteiger partial charge is 0.481 e. The second-order valence-corrected chi connectivity index (χ2v) is 18.3. The molecule has 0 aromatic rings. The van der Waals surface area contributed by atoms with Crippen molar-refractivity contribution in [1.82, 2.24) is 0 Å². The van der Waals surface area contributed by atoms with Crippen LogP contribution in [0.3, 0.4) is 0 Å². The fourth-order valence-electron chi connectivity index (χ4n) is 12.7. The normalized spacial score (nSPS) is 53.8. The van der Waals surface area contributed by atoms with Crippen LogP contribution in [0.1, 0.15) is 126 Å². The van der Waals surface area contributed by atoms with Gasteiger partial charge in [-0.1, -0.05) is 60.1 Å². The minimum atomic E-state index is -1.17. The highest BCUT2D eigenvalue weighted by molar-refractivity contribution is 5.76. The third-order valence-electron chi connectivity index (χ3n) is 15.8. The Kier molecular flexibility index (Phi) is 7.46. The molecule has 5 unspecified atom stereocenters. The van der Waals surface area contributed by atoms with Crippen LogP contribution in [0.2, 0.25) is 0 Å². The van der Waals surface area contributed by atoms with E-state index in [0.717, 1.165) is 51.4 Å². The molecule has 0 bridgehead atoms. The number of allylic oxidation sites excluding steroid dienone is 2. The van der Waals surface area contributed by atoms with Crippen molar-refractivity contribution >= 4 is 5.97 Å². The van der Waals surface area contributed by atoms with Crippen molar-refractivity contribution in [3.63, 3.8) is 0 Å². The topological polar surface area (TPSA) is 107 Å². The number of rotatable bonds is 3. The molecule has 0 radical (unpaired) electrons. The third kappa shape index (κ3) is 4.34. The summed E-state index contributed by atoms with van der Waals surface area (Å²) in [4.78, 5) is 12.9. The maximum Gasteiger partial charge on any atom is 0.310 e. The number of fused-ring (bicyclic) bond motifs is 7. The zero-order chi connectivity index (χ0) is 31.5. The molecule has 4 saturated carbocycles. The maximum absolute atomic E-state index is 12.9. The van der Waals surface area contributed by atoms with Crippen LogP contribution in [0, 0.1) is 56.2 Å². The van der Waals surface area contributed by atoms with Gasteiger partial charge in [0.15, 0.2) is 0 Å². The van der Waals surface area contributed by atoms with Gasteiger partial charge in [-0.2, -0.15) is 0 Å². The first-order valence-corrected chi connectivity index (χ1v) is 17.5. The van der Waals surface area contributed by atoms with E-state index in [1.807, 2.05) is 0 Å². The number of carboxylic acid groups (broad SMARTS) is 1. The molecule has 1 aliphatic heterocycles. The van der Waals surface area contributed by atoms with Gasteiger partial charge in [0.25, 0.3) is 0 Å². The first-order valence-electron chi connectivity index (χ1n) is 17.5. The van der Waals surface area contributed by atoms with Crippen LogP contribution in [0.5, 0.6) is 0 Å². The molecule has 5 fully saturated rings. The van der Waals surface area contributed by atoms with E-state index in [9.17, 15) is 25.2 Å². The van der Waals surface area contributed by atoms with E-state index in [-0.39, 0.29) is 33.0 Å². The van der Waals surface area contributed by atoms with Gasteiger partial charge in [-0.15, -0.1) is 0 Å². The summed E-state index contributed by atoms with van der Waals surface area (Å²) in [5, 5.41) is 42.2. The molecule has 4 N–H and O–H groups in total. The van der Waals surface area contributed by atoms with Crippen LogP contribution in [-0.4, -0.2) is 56.9 Å². The fourth-order valence-corrected chi connectivity index (χ4v) is 12.7. The first-order chi connectivity index (χ1) is 19.8. The second kappa shape index (κ2) is 10.0. The lowest BCUT2D eigenvalue weighted by Gasteiger charge is -2.71. The fraction of sp³-hybridized carbons (Fsp3) is 0.919. The van der Waals surface area contributed by atoms with Crippen molar-refractivity contribution in [2.45, 2.75) is 157 Å². The SMILES string of the molecule is CC1O[C@@H](C[C@@H]2CC[C@@]3(C)C(CC[C@]4(C)C3CC=C3C5CC(C)(C)CC[C@]5(C(=O)O)CC[C@]34C)C2(C)C)[C@@H](O)C(O)[C@H]1O. The molecule has 0 aromatic carbocycles. The second-order valence-electron chi connectivity index (χ2n) is 18.3. The Balaban J connectivity index is 1.30. The summed E-state index contributed by atoms with van der Waals surface area (Å²) in [6.45, 7) is 19.0. The van der Waals surface area contributed by atoms with Crippen molar-refractivity contribution in [2.24, 2.45) is 56.2 Å². The summed E-state index contributed by atoms with van der Waals surface area (Å²) in [6, 6.07) is 0. The number of carboxylic acids is 1. The van der Waals surface area contributed by atoms with E-state index in [2.05, 4.69) is 54.5 Å². The number of aliphatic hydroxyl groups is 3. The highest BCUT2D eigenvalue weighted by Gasteiger charge is 2.69. The maximum atomic E-state index is 12.9. The Labute approximate surface area is 260 Å². The summed E-state index contributed by atoms with van der Waals surface area (Å²) in [7, 11) is 0. The van der Waals surface area contributed by atoms with E-state index >= 15 is 0 Å². The van der Waals surface area contributed by atoms with Gasteiger partial charge in [0.1, 0.15) is 18.3 Å². The first kappa shape index (κ1) is 32.0. The smallest absolute Gasteiger partial charge is 0.310 e. The quantitative estimate of drug-likeness (QED) is 0.267. The summed E-state index contributed by atoms with van der Waals surface area (Å²) in [5.41, 5.74) is 1.45. The minimum Gasteiger partial charge on any atom is -0.481 e. The van der Waals surface area contributed by atoms with Gasteiger partial charge >= 0.3 is 5.97 Å². The number of hydrogen-bond acceptors (Lipinski definition) is 5. The van der Waals surface area contributed by atoms with Crippen LogP contribution in [0.25, 0.3) is 0 Å². The Morgan fingerprint density at radius 1 is 0.860 bits per heavy atom. The van der Waals surface area contributed by atoms with Crippen LogP contribution in [0.15, 0.2) is 11.6 Å². The lowest BCUT2D eigenvalue weighted by atomic mass is 9.33. The number of aliphatic hydroxyl groups excluding tert-OH is 3. The van der Waals surface area contributed by atoms with Crippen molar-refractivity contribution < 1.29 is 30.0 Å². The molecule has 6 nitrogen and oxygen atoms in total. The molecule has 1 heterocycles. The summed E-state index contributed by atoms with van der Waals surface area (Å²) in [5.74, 6) is 1.03. The van der Waals surface area contributed by atoms with Crippen molar-refractivity contribution in [3.8, 4) is 0 Å². The number of aliphatic carboxylic acids is 1. The lowest BCUT2D eigenvalue weighted by molar-refractivity contribution is -0.232. The summed E-state index contributed by atoms with van der Waals surface area (Å²) in [6.07, 6.45) is 9.16. The number of hydrogen-bond donors (Lipinski definition) is 4. The van der Waals surface area contributed by atoms with E-state index in [4.69, 9.17) is 4.74 Å². The predicted octanol–water partition coefficient (Wildman–Crippen LogP) is 6.75. The molecular weight excluding hydrogens is 540 g/mol. The van der Waals surface area contributed by atoms with Crippen LogP contribution >= 0.6 is 0 Å². The van der Waals surface area contributed by atoms with E-state index in [1.54, 1.807) is 6.92 Å². The van der Waals surface area contributed by atoms with Gasteiger partial charge in [0, 0.05) is 0 Å². The van der Waals surface area contributed by atoms with Crippen LogP contribution < -0.4 is 0 Å². The van der Waals surface area contributed by atoms with Gasteiger partial charge in [-0.25, -0.2) is 0 Å². The minimum absolute atomic E-state index is 0.0229. The van der Waals surface area contributed by atoms with E-state index < -0.39 is 41.9 Å². The standard InChI is InChI=1S/C37H60O6/c1-21-28(38)30(40)29(39)25(43-21)19-22-11-13-34(6)26(33(22,4)5)12-14-36(8)27(34)10-9-23-24-20-32(2,3)15-17-37(24,31(41)42)18-16-35(23,36)7/h9,21-22,24-30,38-40H,10-20H2,1-8H3,(H,41,42)/t21?,22-,24?,25-,26?,27?,28-,29+,30?,34-,35+,36+,37-/m0/s1. The average Bonchev–Trinajstić information content (AvgIpc) is 2.91. The van der Waals surface area contributed by atoms with Gasteiger partial charge in [-0.3, -0.25) is 4.79 Å². The molecular formula is C37H60O6. The van der Waals surface area contributed by atoms with E-state index in [1.165, 1.54) is 18.4 Å². The van der Waals surface area contributed by atoms with Crippen LogP contribution in [-0.2, 0) is 9.53 Å². The third-order valence-corrected chi connectivity index (χ3v) is 15.8. The van der Waals surface area contributed by atoms with Gasteiger partial charge in [0.05, 0.1) is 17.6 Å². The molecule has 13 atom stereocenters. The van der Waals surface area contributed by atoms with E-state index in [0.29, 0.717) is 24.2 Å².